The van der Waals surface area contributed by atoms with Gasteiger partial charge < -0.3 is 0 Å². The van der Waals surface area contributed by atoms with Crippen LogP contribution in [0.1, 0.15) is 10.4 Å². The number of aromatic nitrogens is 2. The Bertz CT molecular complexity index is 1020. The Kier molecular flexibility index (Phi) is 4.00. The quantitative estimate of drug-likeness (QED) is 0.590. The average molecular weight is 314 g/mol. The molecular formula is C17H10N6O. The van der Waals surface area contributed by atoms with E-state index in [1.54, 1.807) is 42.5 Å². The molecule has 3 rings (SSSR count). The highest BCUT2D eigenvalue weighted by atomic mass is 16.2. The molecule has 0 amide bonds. The van der Waals surface area contributed by atoms with E-state index in [0.717, 1.165) is 0 Å². The van der Waals surface area contributed by atoms with Gasteiger partial charge in [-0.25, -0.2) is 4.98 Å². The summed E-state index contributed by atoms with van der Waals surface area (Å²) in [4.78, 5) is 17.0. The number of carbonyl (C=O) groups is 1. The van der Waals surface area contributed by atoms with Crippen molar-refractivity contribution in [3.63, 3.8) is 0 Å². The Morgan fingerprint density at radius 2 is 1.79 bits per heavy atom. The highest BCUT2D eigenvalue weighted by molar-refractivity contribution is 6.10. The molecule has 114 valence electrons. The minimum atomic E-state index is -0.328. The zero-order chi connectivity index (χ0) is 16.9. The van der Waals surface area contributed by atoms with E-state index in [1.807, 2.05) is 18.2 Å². The first-order valence-electron chi connectivity index (χ1n) is 6.94. The SMILES string of the molecule is N#CC(C#N)=NNc1ccccc1C(=O)n1cnc2ccccc21. The summed E-state index contributed by atoms with van der Waals surface area (Å²) in [5, 5.41) is 21.1. The van der Waals surface area contributed by atoms with Crippen molar-refractivity contribution in [2.75, 3.05) is 5.43 Å². The van der Waals surface area contributed by atoms with Crippen LogP contribution in [0.15, 0.2) is 60.0 Å². The lowest BCUT2D eigenvalue weighted by atomic mass is 10.1. The highest BCUT2D eigenvalue weighted by Gasteiger charge is 2.15. The molecule has 7 heteroatoms. The molecule has 7 nitrogen and oxygen atoms in total. The van der Waals surface area contributed by atoms with Crippen LogP contribution in [-0.2, 0) is 0 Å². The van der Waals surface area contributed by atoms with E-state index in [1.165, 1.54) is 10.9 Å². The van der Waals surface area contributed by atoms with Crippen molar-refractivity contribution >= 4 is 28.3 Å². The fraction of sp³-hybridized carbons (Fsp3) is 0. The van der Waals surface area contributed by atoms with Gasteiger partial charge in [0, 0.05) is 0 Å². The number of imidazole rings is 1. The van der Waals surface area contributed by atoms with E-state index < -0.39 is 0 Å². The number of nitrogens with zero attached hydrogens (tertiary/aromatic N) is 5. The van der Waals surface area contributed by atoms with Crippen LogP contribution >= 0.6 is 0 Å². The van der Waals surface area contributed by atoms with Gasteiger partial charge in [-0.15, -0.1) is 0 Å². The van der Waals surface area contributed by atoms with Crippen molar-refractivity contribution in [3.05, 3.63) is 60.4 Å². The Morgan fingerprint density at radius 1 is 1.08 bits per heavy atom. The van der Waals surface area contributed by atoms with Crippen molar-refractivity contribution in [2.45, 2.75) is 0 Å². The molecular weight excluding hydrogens is 304 g/mol. The summed E-state index contributed by atoms with van der Waals surface area (Å²) in [7, 11) is 0. The predicted octanol–water partition coefficient (Wildman–Crippen LogP) is 2.54. The summed E-state index contributed by atoms with van der Waals surface area (Å²) in [5.74, 6) is -0.294. The topological polar surface area (TPSA) is 107 Å². The molecule has 3 aromatic rings. The molecule has 0 unspecified atom stereocenters. The smallest absolute Gasteiger partial charge is 0.265 e. The summed E-state index contributed by atoms with van der Waals surface area (Å²) in [6.45, 7) is 0. The van der Waals surface area contributed by atoms with E-state index >= 15 is 0 Å². The molecule has 1 N–H and O–H groups in total. The third-order valence-corrected chi connectivity index (χ3v) is 3.33. The molecule has 0 radical (unpaired) electrons. The van der Waals surface area contributed by atoms with E-state index in [9.17, 15) is 4.79 Å². The zero-order valence-electron chi connectivity index (χ0n) is 12.3. The first kappa shape index (κ1) is 14.9. The number of anilines is 1. The monoisotopic (exact) mass is 314 g/mol. The first-order chi connectivity index (χ1) is 11.7. The first-order valence-corrected chi connectivity index (χ1v) is 6.94. The van der Waals surface area contributed by atoms with Gasteiger partial charge in [-0.05, 0) is 24.3 Å². The third-order valence-electron chi connectivity index (χ3n) is 3.33. The van der Waals surface area contributed by atoms with Crippen LogP contribution in [0.2, 0.25) is 0 Å². The Balaban J connectivity index is 2.01. The Hall–Kier alpha value is -3.97. The van der Waals surface area contributed by atoms with Crippen molar-refractivity contribution in [1.29, 1.82) is 10.5 Å². The highest BCUT2D eigenvalue weighted by Crippen LogP contribution is 2.19. The van der Waals surface area contributed by atoms with Crippen LogP contribution in [0, 0.1) is 22.7 Å². The minimum absolute atomic E-state index is 0.294. The normalized spacial score (nSPS) is 9.75. The number of hydrogen-bond donors (Lipinski definition) is 1. The Morgan fingerprint density at radius 3 is 2.58 bits per heavy atom. The van der Waals surface area contributed by atoms with Gasteiger partial charge in [0.15, 0.2) is 0 Å². The molecule has 0 aliphatic carbocycles. The van der Waals surface area contributed by atoms with Gasteiger partial charge in [0.2, 0.25) is 5.71 Å². The lowest BCUT2D eigenvalue weighted by Crippen LogP contribution is -2.13. The number of carbonyl (C=O) groups excluding carboxylic acids is 1. The van der Waals surface area contributed by atoms with E-state index in [0.29, 0.717) is 22.3 Å². The van der Waals surface area contributed by atoms with Crippen molar-refractivity contribution in [1.82, 2.24) is 9.55 Å². The molecule has 0 aliphatic heterocycles. The van der Waals surface area contributed by atoms with E-state index in [4.69, 9.17) is 10.5 Å². The number of rotatable bonds is 3. The van der Waals surface area contributed by atoms with E-state index in [2.05, 4.69) is 15.5 Å². The van der Waals surface area contributed by atoms with Crippen LogP contribution in [-0.4, -0.2) is 21.2 Å². The number of hydrogen-bond acceptors (Lipinski definition) is 6. The van der Waals surface area contributed by atoms with Crippen LogP contribution in [0.4, 0.5) is 5.69 Å². The van der Waals surface area contributed by atoms with Crippen LogP contribution < -0.4 is 5.43 Å². The maximum absolute atomic E-state index is 12.8. The second kappa shape index (κ2) is 6.42. The predicted molar refractivity (Wildman–Crippen MR) is 88.2 cm³/mol. The van der Waals surface area contributed by atoms with Crippen molar-refractivity contribution in [3.8, 4) is 12.1 Å². The standard InChI is InChI=1S/C17H10N6O/c18-9-12(10-19)21-22-14-6-2-1-5-13(14)17(24)23-11-20-15-7-3-4-8-16(15)23/h1-8,11,22H. The average Bonchev–Trinajstić information content (AvgIpc) is 3.06. The molecule has 0 saturated carbocycles. The fourth-order valence-electron chi connectivity index (χ4n) is 2.21. The molecule has 1 heterocycles. The maximum Gasteiger partial charge on any atom is 0.265 e. The minimum Gasteiger partial charge on any atom is -0.276 e. The van der Waals surface area contributed by atoms with Gasteiger partial charge in [-0.3, -0.25) is 14.8 Å². The number of fused-ring (bicyclic) bond motifs is 1. The van der Waals surface area contributed by atoms with Gasteiger partial charge in [0.05, 0.1) is 22.3 Å². The van der Waals surface area contributed by atoms with Gasteiger partial charge >= 0.3 is 0 Å². The summed E-state index contributed by atoms with van der Waals surface area (Å²) < 4.78 is 1.44. The lowest BCUT2D eigenvalue weighted by molar-refractivity contribution is 0.0965. The molecule has 0 atom stereocenters. The van der Waals surface area contributed by atoms with Crippen LogP contribution in [0.5, 0.6) is 0 Å². The van der Waals surface area contributed by atoms with Gasteiger partial charge in [0.25, 0.3) is 5.91 Å². The molecule has 0 saturated heterocycles. The summed E-state index contributed by atoms with van der Waals surface area (Å²) in [5.41, 5.74) is 4.41. The molecule has 0 bridgehead atoms. The molecule has 0 aliphatic rings. The Labute approximate surface area is 137 Å². The maximum atomic E-state index is 12.8. The number of nitrogens with one attached hydrogen (secondary N) is 1. The summed E-state index contributed by atoms with van der Waals surface area (Å²) >= 11 is 0. The molecule has 0 spiro atoms. The second-order valence-corrected chi connectivity index (χ2v) is 4.75. The third kappa shape index (κ3) is 2.70. The van der Waals surface area contributed by atoms with Crippen LogP contribution in [0.25, 0.3) is 11.0 Å². The number of benzene rings is 2. The number of hydrazone groups is 1. The molecule has 24 heavy (non-hydrogen) atoms. The molecule has 1 aromatic heterocycles. The lowest BCUT2D eigenvalue weighted by Gasteiger charge is -2.08. The number of para-hydroxylation sites is 3. The van der Waals surface area contributed by atoms with Gasteiger partial charge in [-0.2, -0.15) is 15.6 Å². The van der Waals surface area contributed by atoms with E-state index in [-0.39, 0.29) is 11.6 Å². The molecule has 2 aromatic carbocycles. The molecule has 0 fully saturated rings. The van der Waals surface area contributed by atoms with Crippen molar-refractivity contribution < 1.29 is 4.79 Å². The zero-order valence-corrected chi connectivity index (χ0v) is 12.3. The van der Waals surface area contributed by atoms with Gasteiger partial charge in [0.1, 0.15) is 18.5 Å². The second-order valence-electron chi connectivity index (χ2n) is 4.75. The number of nitriles is 2. The summed E-state index contributed by atoms with van der Waals surface area (Å²) in [6, 6.07) is 17.3. The van der Waals surface area contributed by atoms with Crippen LogP contribution in [0.3, 0.4) is 0 Å². The fourth-order valence-corrected chi connectivity index (χ4v) is 2.21. The van der Waals surface area contributed by atoms with Gasteiger partial charge in [-0.1, -0.05) is 24.3 Å². The summed E-state index contributed by atoms with van der Waals surface area (Å²) in [6.07, 6.45) is 1.46. The van der Waals surface area contributed by atoms with Crippen molar-refractivity contribution in [2.24, 2.45) is 5.10 Å². The largest absolute Gasteiger partial charge is 0.276 e.